The monoisotopic (exact) mass is 434 g/mol. The third-order valence-electron chi connectivity index (χ3n) is 7.22. The standard InChI is InChI=1S/C27H34N2O3/c1-28-14-11-20(17-25(28)27(31)32)7-10-26(30)24-9-8-22-12-15-29(16-13-23(22)18-24)19-21-5-3-2-4-6-21/h2-6,8-9,18,20,25H,7,10-17,19H2,1H3,(H,31,32). The molecule has 2 unspecified atom stereocenters. The number of aliphatic carboxylic acids is 1. The summed E-state index contributed by atoms with van der Waals surface area (Å²) in [5.41, 5.74) is 4.81. The van der Waals surface area contributed by atoms with Gasteiger partial charge in [0, 0.05) is 31.6 Å². The van der Waals surface area contributed by atoms with Crippen molar-refractivity contribution in [2.24, 2.45) is 5.92 Å². The zero-order valence-electron chi connectivity index (χ0n) is 19.0. The molecule has 0 amide bonds. The molecular formula is C27H34N2O3. The summed E-state index contributed by atoms with van der Waals surface area (Å²) in [6.07, 6.45) is 4.87. The molecule has 0 bridgehead atoms. The molecule has 2 aromatic rings. The molecule has 0 spiro atoms. The van der Waals surface area contributed by atoms with E-state index in [0.717, 1.165) is 57.4 Å². The lowest BCUT2D eigenvalue weighted by Gasteiger charge is -2.34. The minimum Gasteiger partial charge on any atom is -0.480 e. The number of piperidine rings is 1. The van der Waals surface area contributed by atoms with Crippen molar-refractivity contribution in [3.8, 4) is 0 Å². The van der Waals surface area contributed by atoms with E-state index in [9.17, 15) is 14.7 Å². The van der Waals surface area contributed by atoms with Gasteiger partial charge in [-0.05, 0) is 74.4 Å². The van der Waals surface area contributed by atoms with E-state index in [0.29, 0.717) is 18.8 Å². The molecule has 5 heteroatoms. The van der Waals surface area contributed by atoms with Crippen LogP contribution in [0, 0.1) is 5.92 Å². The van der Waals surface area contributed by atoms with Crippen LogP contribution in [0.25, 0.3) is 0 Å². The van der Waals surface area contributed by atoms with Crippen molar-refractivity contribution in [3.05, 3.63) is 70.8 Å². The first-order valence-electron chi connectivity index (χ1n) is 11.8. The number of carboxylic acids is 1. The topological polar surface area (TPSA) is 60.9 Å². The van der Waals surface area contributed by atoms with E-state index in [2.05, 4.69) is 47.4 Å². The van der Waals surface area contributed by atoms with Gasteiger partial charge in [0.2, 0.25) is 0 Å². The number of nitrogens with zero attached hydrogens (tertiary/aromatic N) is 2. The number of likely N-dealkylation sites (N-methyl/N-ethyl adjacent to an activating group) is 1. The number of fused-ring (bicyclic) bond motifs is 1. The number of benzene rings is 2. The molecule has 0 saturated carbocycles. The summed E-state index contributed by atoms with van der Waals surface area (Å²) >= 11 is 0. The number of carbonyl (C=O) groups is 2. The highest BCUT2D eigenvalue weighted by molar-refractivity contribution is 5.96. The second-order valence-electron chi connectivity index (χ2n) is 9.43. The Balaban J connectivity index is 1.32. The van der Waals surface area contributed by atoms with E-state index in [1.54, 1.807) is 0 Å². The number of ketones is 1. The highest BCUT2D eigenvalue weighted by Crippen LogP contribution is 2.27. The van der Waals surface area contributed by atoms with Crippen molar-refractivity contribution in [1.82, 2.24) is 9.80 Å². The number of likely N-dealkylation sites (tertiary alicyclic amines) is 1. The third-order valence-corrected chi connectivity index (χ3v) is 7.22. The van der Waals surface area contributed by atoms with Crippen LogP contribution in [0.4, 0.5) is 0 Å². The van der Waals surface area contributed by atoms with Crippen molar-refractivity contribution < 1.29 is 14.7 Å². The van der Waals surface area contributed by atoms with Gasteiger partial charge in [-0.2, -0.15) is 0 Å². The Kier molecular flexibility index (Phi) is 7.38. The maximum atomic E-state index is 12.9. The summed E-state index contributed by atoms with van der Waals surface area (Å²) in [6, 6.07) is 16.4. The van der Waals surface area contributed by atoms with E-state index in [1.807, 2.05) is 18.0 Å². The van der Waals surface area contributed by atoms with Crippen LogP contribution in [0.5, 0.6) is 0 Å². The molecule has 4 rings (SSSR count). The Hall–Kier alpha value is -2.50. The average molecular weight is 435 g/mol. The maximum absolute atomic E-state index is 12.9. The minimum atomic E-state index is -0.754. The summed E-state index contributed by atoms with van der Waals surface area (Å²) in [5.74, 6) is -0.261. The van der Waals surface area contributed by atoms with Gasteiger partial charge in [0.05, 0.1) is 0 Å². The Morgan fingerprint density at radius 3 is 2.50 bits per heavy atom. The molecule has 2 atom stereocenters. The fourth-order valence-corrected chi connectivity index (χ4v) is 5.13. The van der Waals surface area contributed by atoms with E-state index < -0.39 is 12.0 Å². The fraction of sp³-hybridized carbons (Fsp3) is 0.481. The van der Waals surface area contributed by atoms with Gasteiger partial charge in [0.1, 0.15) is 6.04 Å². The predicted octanol–water partition coefficient (Wildman–Crippen LogP) is 4.05. The molecule has 2 aliphatic heterocycles. The fourth-order valence-electron chi connectivity index (χ4n) is 5.13. The molecule has 170 valence electrons. The predicted molar refractivity (Wildman–Crippen MR) is 126 cm³/mol. The van der Waals surface area contributed by atoms with E-state index in [4.69, 9.17) is 0 Å². The number of rotatable bonds is 7. The van der Waals surface area contributed by atoms with E-state index in [1.165, 1.54) is 16.7 Å². The lowest BCUT2D eigenvalue weighted by molar-refractivity contribution is -0.144. The van der Waals surface area contributed by atoms with Crippen LogP contribution >= 0.6 is 0 Å². The zero-order valence-corrected chi connectivity index (χ0v) is 19.0. The molecule has 2 aliphatic rings. The number of hydrogen-bond donors (Lipinski definition) is 1. The number of carbonyl (C=O) groups excluding carboxylic acids is 1. The normalized spacial score (nSPS) is 22.2. The van der Waals surface area contributed by atoms with Gasteiger partial charge < -0.3 is 5.11 Å². The van der Waals surface area contributed by atoms with Crippen LogP contribution in [0.15, 0.2) is 48.5 Å². The molecule has 5 nitrogen and oxygen atoms in total. The molecular weight excluding hydrogens is 400 g/mol. The van der Waals surface area contributed by atoms with Crippen molar-refractivity contribution in [1.29, 1.82) is 0 Å². The summed E-state index contributed by atoms with van der Waals surface area (Å²) < 4.78 is 0. The van der Waals surface area contributed by atoms with Crippen molar-refractivity contribution in [2.45, 2.75) is 51.1 Å². The zero-order chi connectivity index (χ0) is 22.5. The molecule has 0 aromatic heterocycles. The van der Waals surface area contributed by atoms with Crippen LogP contribution < -0.4 is 0 Å². The van der Waals surface area contributed by atoms with Crippen LogP contribution in [0.2, 0.25) is 0 Å². The smallest absolute Gasteiger partial charge is 0.320 e. The summed E-state index contributed by atoms with van der Waals surface area (Å²) in [5, 5.41) is 9.41. The Morgan fingerprint density at radius 1 is 1.00 bits per heavy atom. The summed E-state index contributed by atoms with van der Waals surface area (Å²) in [7, 11) is 1.87. The van der Waals surface area contributed by atoms with E-state index in [-0.39, 0.29) is 5.78 Å². The van der Waals surface area contributed by atoms with Crippen molar-refractivity contribution in [3.63, 3.8) is 0 Å². The summed E-state index contributed by atoms with van der Waals surface area (Å²) in [4.78, 5) is 28.8. The molecule has 1 saturated heterocycles. The van der Waals surface area contributed by atoms with Crippen LogP contribution in [-0.4, -0.2) is 59.4 Å². The average Bonchev–Trinajstić information content (AvgIpc) is 3.00. The molecule has 32 heavy (non-hydrogen) atoms. The Labute approximate surface area is 191 Å². The SMILES string of the molecule is CN1CCC(CCC(=O)c2ccc3c(c2)CCN(Cc2ccccc2)CC3)CC1C(=O)O. The molecule has 2 heterocycles. The largest absolute Gasteiger partial charge is 0.480 e. The lowest BCUT2D eigenvalue weighted by atomic mass is 9.86. The molecule has 1 fully saturated rings. The van der Waals surface area contributed by atoms with Crippen molar-refractivity contribution in [2.75, 3.05) is 26.7 Å². The molecule has 1 N–H and O–H groups in total. The third kappa shape index (κ3) is 5.64. The van der Waals surface area contributed by atoms with Crippen LogP contribution in [0.1, 0.15) is 52.7 Å². The highest BCUT2D eigenvalue weighted by atomic mass is 16.4. The van der Waals surface area contributed by atoms with Gasteiger partial charge in [0.25, 0.3) is 0 Å². The first-order chi connectivity index (χ1) is 15.5. The van der Waals surface area contributed by atoms with Crippen LogP contribution in [0.3, 0.4) is 0 Å². The first kappa shape index (κ1) is 22.7. The number of carboxylic acid groups (broad SMARTS) is 1. The van der Waals surface area contributed by atoms with E-state index >= 15 is 0 Å². The second kappa shape index (κ2) is 10.4. The quantitative estimate of drug-likeness (QED) is 0.667. The molecule has 0 aliphatic carbocycles. The molecule has 2 aromatic carbocycles. The Morgan fingerprint density at radius 2 is 1.75 bits per heavy atom. The number of hydrogen-bond acceptors (Lipinski definition) is 4. The first-order valence-corrected chi connectivity index (χ1v) is 11.8. The maximum Gasteiger partial charge on any atom is 0.320 e. The van der Waals surface area contributed by atoms with Gasteiger partial charge in [-0.25, -0.2) is 0 Å². The van der Waals surface area contributed by atoms with Gasteiger partial charge in [0.15, 0.2) is 5.78 Å². The lowest BCUT2D eigenvalue weighted by Crippen LogP contribution is -2.44. The van der Waals surface area contributed by atoms with Crippen molar-refractivity contribution >= 4 is 11.8 Å². The van der Waals surface area contributed by atoms with Gasteiger partial charge in [-0.15, -0.1) is 0 Å². The summed E-state index contributed by atoms with van der Waals surface area (Å²) in [6.45, 7) is 3.80. The number of Topliss-reactive ketones (excluding diaryl/α,β-unsaturated/α-hetero) is 1. The Bertz CT molecular complexity index is 943. The van der Waals surface area contributed by atoms with Gasteiger partial charge in [-0.3, -0.25) is 19.4 Å². The second-order valence-corrected chi connectivity index (χ2v) is 9.43. The minimum absolute atomic E-state index is 0.184. The highest BCUT2D eigenvalue weighted by Gasteiger charge is 2.31. The molecule has 0 radical (unpaired) electrons. The van der Waals surface area contributed by atoms with Crippen LogP contribution in [-0.2, 0) is 24.2 Å². The van der Waals surface area contributed by atoms with Gasteiger partial charge in [-0.1, -0.05) is 42.5 Å². The van der Waals surface area contributed by atoms with Gasteiger partial charge >= 0.3 is 5.97 Å².